The number of aromatic nitrogens is 2. The summed E-state index contributed by atoms with van der Waals surface area (Å²) in [5, 5.41) is 4.51. The van der Waals surface area contributed by atoms with Gasteiger partial charge in [-0.15, -0.1) is 0 Å². The van der Waals surface area contributed by atoms with E-state index in [9.17, 15) is 4.79 Å². The molecule has 0 saturated heterocycles. The van der Waals surface area contributed by atoms with Crippen molar-refractivity contribution in [2.45, 2.75) is 19.8 Å². The van der Waals surface area contributed by atoms with E-state index in [2.05, 4.69) is 12.0 Å². The molecule has 0 aliphatic heterocycles. The number of aryl methyl sites for hydroxylation is 1. The molecular formula is C17H16N2O3. The molecule has 1 aromatic carbocycles. The quantitative estimate of drug-likeness (QED) is 0.674. The van der Waals surface area contributed by atoms with Crippen LogP contribution in [0.3, 0.4) is 0 Å². The minimum atomic E-state index is -0.537. The van der Waals surface area contributed by atoms with Crippen molar-refractivity contribution < 1.29 is 13.9 Å². The van der Waals surface area contributed by atoms with Crippen molar-refractivity contribution in [3.05, 3.63) is 66.2 Å². The number of rotatable bonds is 5. The fraction of sp³-hybridized carbons (Fsp3) is 0.176. The molecule has 112 valence electrons. The van der Waals surface area contributed by atoms with Gasteiger partial charge in [-0.25, -0.2) is 9.48 Å². The zero-order chi connectivity index (χ0) is 15.4. The Hall–Kier alpha value is -2.82. The van der Waals surface area contributed by atoms with Crippen LogP contribution in [0.15, 0.2) is 59.2 Å². The van der Waals surface area contributed by atoms with Gasteiger partial charge >= 0.3 is 5.97 Å². The Morgan fingerprint density at radius 2 is 2.05 bits per heavy atom. The average Bonchev–Trinajstić information content (AvgIpc) is 3.18. The van der Waals surface area contributed by atoms with Gasteiger partial charge in [-0.05, 0) is 30.7 Å². The van der Waals surface area contributed by atoms with Crippen LogP contribution >= 0.6 is 0 Å². The Morgan fingerprint density at radius 1 is 1.23 bits per heavy atom. The second-order valence-corrected chi connectivity index (χ2v) is 4.84. The zero-order valence-corrected chi connectivity index (χ0v) is 12.2. The minimum absolute atomic E-state index is 0.165. The first-order valence-corrected chi connectivity index (χ1v) is 7.18. The highest BCUT2D eigenvalue weighted by molar-refractivity contribution is 5.87. The number of ether oxygens (including phenoxy) is 1. The highest BCUT2D eigenvalue weighted by Gasteiger charge is 2.17. The van der Waals surface area contributed by atoms with E-state index >= 15 is 0 Å². The van der Waals surface area contributed by atoms with Crippen molar-refractivity contribution in [2.24, 2.45) is 0 Å². The lowest BCUT2D eigenvalue weighted by atomic mass is 10.2. The molecule has 0 aliphatic rings. The fourth-order valence-corrected chi connectivity index (χ4v) is 2.16. The van der Waals surface area contributed by atoms with Crippen LogP contribution in [-0.4, -0.2) is 15.7 Å². The van der Waals surface area contributed by atoms with Crippen LogP contribution in [0.5, 0.6) is 5.88 Å². The highest BCUT2D eigenvalue weighted by atomic mass is 16.6. The van der Waals surface area contributed by atoms with Crippen molar-refractivity contribution >= 4 is 5.97 Å². The Morgan fingerprint density at radius 3 is 2.73 bits per heavy atom. The van der Waals surface area contributed by atoms with E-state index in [-0.39, 0.29) is 5.76 Å². The Bertz CT molecular complexity index is 746. The molecule has 0 aliphatic carbocycles. The normalized spacial score (nSPS) is 10.6. The molecule has 2 aromatic heterocycles. The summed E-state index contributed by atoms with van der Waals surface area (Å²) in [4.78, 5) is 12.1. The lowest BCUT2D eigenvalue weighted by molar-refractivity contribution is 0.0689. The molecule has 0 amide bonds. The van der Waals surface area contributed by atoms with Crippen LogP contribution in [0.25, 0.3) is 5.69 Å². The topological polar surface area (TPSA) is 57.3 Å². The molecule has 0 atom stereocenters. The number of carbonyl (C=O) groups excluding carboxylic acids is 1. The van der Waals surface area contributed by atoms with E-state index in [0.717, 1.165) is 24.2 Å². The van der Waals surface area contributed by atoms with E-state index in [1.807, 2.05) is 30.3 Å². The van der Waals surface area contributed by atoms with Crippen molar-refractivity contribution in [1.29, 1.82) is 0 Å². The maximum atomic E-state index is 12.1. The summed E-state index contributed by atoms with van der Waals surface area (Å²) in [6, 6.07) is 14.6. The lowest BCUT2D eigenvalue weighted by Crippen LogP contribution is -2.10. The molecule has 0 N–H and O–H groups in total. The SMILES string of the molecule is CCCc1cc(OC(=O)c2ccco2)n(-c2ccccc2)n1. The first-order valence-electron chi connectivity index (χ1n) is 7.18. The molecule has 22 heavy (non-hydrogen) atoms. The molecular weight excluding hydrogens is 280 g/mol. The van der Waals surface area contributed by atoms with Crippen molar-refractivity contribution in [3.8, 4) is 11.6 Å². The second-order valence-electron chi connectivity index (χ2n) is 4.84. The van der Waals surface area contributed by atoms with E-state index in [1.54, 1.807) is 22.9 Å². The van der Waals surface area contributed by atoms with Gasteiger partial charge in [0.1, 0.15) is 0 Å². The minimum Gasteiger partial charge on any atom is -0.457 e. The van der Waals surface area contributed by atoms with Gasteiger partial charge in [0.25, 0.3) is 0 Å². The summed E-state index contributed by atoms with van der Waals surface area (Å²) >= 11 is 0. The van der Waals surface area contributed by atoms with Crippen molar-refractivity contribution in [3.63, 3.8) is 0 Å². The summed E-state index contributed by atoms with van der Waals surface area (Å²) in [6.07, 6.45) is 3.23. The highest BCUT2D eigenvalue weighted by Crippen LogP contribution is 2.21. The van der Waals surface area contributed by atoms with Gasteiger partial charge in [-0.2, -0.15) is 5.10 Å². The number of hydrogen-bond donors (Lipinski definition) is 0. The number of hydrogen-bond acceptors (Lipinski definition) is 4. The van der Waals surface area contributed by atoms with Gasteiger partial charge in [0.2, 0.25) is 11.6 Å². The maximum Gasteiger partial charge on any atom is 0.380 e. The van der Waals surface area contributed by atoms with Gasteiger partial charge in [-0.3, -0.25) is 0 Å². The zero-order valence-electron chi connectivity index (χ0n) is 12.2. The van der Waals surface area contributed by atoms with Crippen LogP contribution < -0.4 is 4.74 Å². The smallest absolute Gasteiger partial charge is 0.380 e. The monoisotopic (exact) mass is 296 g/mol. The van der Waals surface area contributed by atoms with E-state index in [1.165, 1.54) is 6.26 Å². The fourth-order valence-electron chi connectivity index (χ4n) is 2.16. The second kappa shape index (κ2) is 6.30. The molecule has 0 unspecified atom stereocenters. The van der Waals surface area contributed by atoms with E-state index < -0.39 is 5.97 Å². The van der Waals surface area contributed by atoms with Crippen LogP contribution in [0.1, 0.15) is 29.6 Å². The maximum absolute atomic E-state index is 12.1. The molecule has 0 bridgehead atoms. The molecule has 3 rings (SSSR count). The van der Waals surface area contributed by atoms with E-state index in [0.29, 0.717) is 5.88 Å². The largest absolute Gasteiger partial charge is 0.457 e. The predicted molar refractivity (Wildman–Crippen MR) is 81.2 cm³/mol. The Kier molecular flexibility index (Phi) is 4.05. The first-order chi connectivity index (χ1) is 10.8. The number of carbonyl (C=O) groups is 1. The summed E-state index contributed by atoms with van der Waals surface area (Å²) in [7, 11) is 0. The van der Waals surface area contributed by atoms with Crippen LogP contribution in [-0.2, 0) is 6.42 Å². The number of para-hydroxylation sites is 1. The van der Waals surface area contributed by atoms with Gasteiger partial charge in [0, 0.05) is 6.07 Å². The number of benzene rings is 1. The third-order valence-electron chi connectivity index (χ3n) is 3.15. The number of esters is 1. The van der Waals surface area contributed by atoms with Crippen LogP contribution in [0, 0.1) is 0 Å². The summed E-state index contributed by atoms with van der Waals surface area (Å²) < 4.78 is 12.1. The Labute approximate surface area is 128 Å². The Balaban J connectivity index is 1.93. The van der Waals surface area contributed by atoms with Gasteiger partial charge in [0.05, 0.1) is 17.6 Å². The molecule has 0 saturated carbocycles. The standard InChI is InChI=1S/C17H16N2O3/c1-2-7-13-12-16(22-17(20)15-10-6-11-21-15)19(18-13)14-8-4-3-5-9-14/h3-6,8-12H,2,7H2,1H3. The van der Waals surface area contributed by atoms with Gasteiger partial charge < -0.3 is 9.15 Å². The molecule has 2 heterocycles. The third kappa shape index (κ3) is 2.93. The first kappa shape index (κ1) is 14.1. The van der Waals surface area contributed by atoms with Crippen molar-refractivity contribution in [2.75, 3.05) is 0 Å². The molecule has 5 nitrogen and oxygen atoms in total. The molecule has 0 fully saturated rings. The van der Waals surface area contributed by atoms with E-state index in [4.69, 9.17) is 9.15 Å². The third-order valence-corrected chi connectivity index (χ3v) is 3.15. The average molecular weight is 296 g/mol. The van der Waals surface area contributed by atoms with Crippen molar-refractivity contribution in [1.82, 2.24) is 9.78 Å². The molecule has 3 aromatic rings. The van der Waals surface area contributed by atoms with Crippen LogP contribution in [0.4, 0.5) is 0 Å². The van der Waals surface area contributed by atoms with Gasteiger partial charge in [-0.1, -0.05) is 31.5 Å². The molecule has 5 heteroatoms. The van der Waals surface area contributed by atoms with Crippen LogP contribution in [0.2, 0.25) is 0 Å². The summed E-state index contributed by atoms with van der Waals surface area (Å²) in [6.45, 7) is 2.08. The summed E-state index contributed by atoms with van der Waals surface area (Å²) in [5.74, 6) is 0.0130. The predicted octanol–water partition coefficient (Wildman–Crippen LogP) is 3.64. The molecule has 0 spiro atoms. The number of nitrogens with zero attached hydrogens (tertiary/aromatic N) is 2. The summed E-state index contributed by atoms with van der Waals surface area (Å²) in [5.41, 5.74) is 1.72. The van der Waals surface area contributed by atoms with Gasteiger partial charge in [0.15, 0.2) is 0 Å². The molecule has 0 radical (unpaired) electrons. The lowest BCUT2D eigenvalue weighted by Gasteiger charge is -2.06. The number of furan rings is 1.